The summed E-state index contributed by atoms with van der Waals surface area (Å²) in [4.78, 5) is 30.1. The summed E-state index contributed by atoms with van der Waals surface area (Å²) in [5.41, 5.74) is 0.476. The normalized spacial score (nSPS) is 22.0. The zero-order valence-electron chi connectivity index (χ0n) is 17.6. The van der Waals surface area contributed by atoms with Crippen molar-refractivity contribution < 1.29 is 9.59 Å². The second-order valence-electron chi connectivity index (χ2n) is 8.86. The fourth-order valence-electron chi connectivity index (χ4n) is 4.89. The van der Waals surface area contributed by atoms with Gasteiger partial charge in [-0.15, -0.1) is 11.3 Å². The summed E-state index contributed by atoms with van der Waals surface area (Å²) >= 11 is 8.03. The summed E-state index contributed by atoms with van der Waals surface area (Å²) in [5, 5.41) is 6.94. The Morgan fingerprint density at radius 1 is 1.23 bits per heavy atom. The van der Waals surface area contributed by atoms with E-state index in [9.17, 15) is 9.59 Å². The molecule has 3 heterocycles. The Labute approximate surface area is 191 Å². The first-order valence-electron chi connectivity index (χ1n) is 10.9. The Morgan fingerprint density at radius 3 is 2.77 bits per heavy atom. The summed E-state index contributed by atoms with van der Waals surface area (Å²) in [7, 11) is 0. The van der Waals surface area contributed by atoms with Crippen LogP contribution < -0.4 is 5.32 Å². The number of aromatic nitrogens is 1. The minimum Gasteiger partial charge on any atom is -0.351 e. The largest absolute Gasteiger partial charge is 0.351 e. The van der Waals surface area contributed by atoms with Gasteiger partial charge in [0, 0.05) is 23.0 Å². The predicted molar refractivity (Wildman–Crippen MR) is 125 cm³/mol. The number of rotatable bonds is 4. The summed E-state index contributed by atoms with van der Waals surface area (Å²) in [6.45, 7) is 2.62. The third-order valence-electron chi connectivity index (χ3n) is 6.74. The van der Waals surface area contributed by atoms with E-state index in [0.717, 1.165) is 41.5 Å². The van der Waals surface area contributed by atoms with Gasteiger partial charge in [0.15, 0.2) is 0 Å². The predicted octanol–water partition coefficient (Wildman–Crippen LogP) is 5.22. The lowest BCUT2D eigenvalue weighted by atomic mass is 9.91. The van der Waals surface area contributed by atoms with E-state index in [0.29, 0.717) is 23.8 Å². The minimum absolute atomic E-state index is 0.0798. The molecule has 162 valence electrons. The average Bonchev–Trinajstić information content (AvgIpc) is 3.35. The van der Waals surface area contributed by atoms with Crippen molar-refractivity contribution in [3.63, 3.8) is 0 Å². The van der Waals surface area contributed by atoms with Gasteiger partial charge in [-0.25, -0.2) is 0 Å². The van der Waals surface area contributed by atoms with Gasteiger partial charge in [-0.05, 0) is 48.9 Å². The van der Waals surface area contributed by atoms with Crippen LogP contribution in [0.3, 0.4) is 0 Å². The van der Waals surface area contributed by atoms with E-state index in [4.69, 9.17) is 11.6 Å². The van der Waals surface area contributed by atoms with Crippen molar-refractivity contribution in [3.05, 3.63) is 58.1 Å². The Bertz CT molecular complexity index is 1150. The van der Waals surface area contributed by atoms with Crippen molar-refractivity contribution in [2.24, 2.45) is 0 Å². The number of benzene rings is 1. The summed E-state index contributed by atoms with van der Waals surface area (Å²) in [5.74, 6) is -0.209. The molecule has 31 heavy (non-hydrogen) atoms. The summed E-state index contributed by atoms with van der Waals surface area (Å²) < 4.78 is 2.02. The molecule has 1 saturated carbocycles. The maximum absolute atomic E-state index is 13.7. The number of nitrogens with zero attached hydrogens (tertiary/aromatic N) is 2. The SMILES string of the molecule is C[C@]1(C(=O)NC2CCCCC2)Cn2c(cc3ccsc32)C(=O)N1Cc1ccccc1Cl. The van der Waals surface area contributed by atoms with E-state index in [1.165, 1.54) is 6.42 Å². The average molecular weight is 456 g/mol. The van der Waals surface area contributed by atoms with Gasteiger partial charge in [-0.2, -0.15) is 0 Å². The topological polar surface area (TPSA) is 54.3 Å². The van der Waals surface area contributed by atoms with Crippen LogP contribution in [0.4, 0.5) is 0 Å². The molecule has 5 nitrogen and oxygen atoms in total. The van der Waals surface area contributed by atoms with E-state index in [-0.39, 0.29) is 17.9 Å². The molecule has 2 aromatic heterocycles. The highest BCUT2D eigenvalue weighted by molar-refractivity contribution is 7.16. The van der Waals surface area contributed by atoms with Gasteiger partial charge in [0.2, 0.25) is 5.91 Å². The van der Waals surface area contributed by atoms with Crippen molar-refractivity contribution >= 4 is 45.0 Å². The Kier molecular flexibility index (Phi) is 5.30. The van der Waals surface area contributed by atoms with E-state index < -0.39 is 5.54 Å². The van der Waals surface area contributed by atoms with E-state index >= 15 is 0 Å². The quantitative estimate of drug-likeness (QED) is 0.586. The van der Waals surface area contributed by atoms with E-state index in [1.54, 1.807) is 16.2 Å². The Morgan fingerprint density at radius 2 is 2.00 bits per heavy atom. The van der Waals surface area contributed by atoms with Crippen LogP contribution in [0.25, 0.3) is 10.2 Å². The lowest BCUT2D eigenvalue weighted by Gasteiger charge is -2.45. The zero-order chi connectivity index (χ0) is 21.6. The van der Waals surface area contributed by atoms with Crippen molar-refractivity contribution in [1.29, 1.82) is 0 Å². The molecule has 0 unspecified atom stereocenters. The second kappa shape index (κ2) is 7.99. The van der Waals surface area contributed by atoms with Crippen molar-refractivity contribution in [2.45, 2.75) is 63.7 Å². The minimum atomic E-state index is -1.00. The first kappa shape index (κ1) is 20.6. The first-order chi connectivity index (χ1) is 15.0. The summed E-state index contributed by atoms with van der Waals surface area (Å²) in [6, 6.07) is 11.7. The first-order valence-corrected chi connectivity index (χ1v) is 12.2. The molecule has 1 atom stereocenters. The van der Waals surface area contributed by atoms with Crippen LogP contribution in [0, 0.1) is 0 Å². The molecule has 0 bridgehead atoms. The van der Waals surface area contributed by atoms with Crippen LogP contribution in [0.15, 0.2) is 41.8 Å². The molecule has 1 aromatic carbocycles. The van der Waals surface area contributed by atoms with Crippen molar-refractivity contribution in [3.8, 4) is 0 Å². The molecule has 1 N–H and O–H groups in total. The van der Waals surface area contributed by atoms with Gasteiger partial charge in [0.25, 0.3) is 5.91 Å². The maximum atomic E-state index is 13.7. The molecule has 7 heteroatoms. The molecule has 0 radical (unpaired) electrons. The lowest BCUT2D eigenvalue weighted by molar-refractivity contribution is -0.134. The Balaban J connectivity index is 1.54. The molecule has 5 rings (SSSR count). The van der Waals surface area contributed by atoms with Gasteiger partial charge in [-0.1, -0.05) is 49.1 Å². The number of hydrogen-bond donors (Lipinski definition) is 1. The molecule has 0 saturated heterocycles. The number of hydrogen-bond acceptors (Lipinski definition) is 3. The fourth-order valence-corrected chi connectivity index (χ4v) is 5.98. The smallest absolute Gasteiger partial charge is 0.271 e. The van der Waals surface area contributed by atoms with Crippen molar-refractivity contribution in [1.82, 2.24) is 14.8 Å². The lowest BCUT2D eigenvalue weighted by Crippen LogP contribution is -2.64. The molecule has 1 fully saturated rings. The van der Waals surface area contributed by atoms with Crippen LogP contribution in [-0.2, 0) is 17.9 Å². The maximum Gasteiger partial charge on any atom is 0.271 e. The third kappa shape index (κ3) is 3.56. The van der Waals surface area contributed by atoms with Gasteiger partial charge in [0.05, 0.1) is 6.54 Å². The number of carbonyl (C=O) groups is 2. The number of amides is 2. The number of carbonyl (C=O) groups excluding carboxylic acids is 2. The van der Waals surface area contributed by atoms with Crippen LogP contribution in [0.2, 0.25) is 5.02 Å². The van der Waals surface area contributed by atoms with E-state index in [2.05, 4.69) is 5.32 Å². The highest BCUT2D eigenvalue weighted by Crippen LogP contribution is 2.36. The molecule has 2 amide bonds. The molecule has 2 aliphatic rings. The van der Waals surface area contributed by atoms with Gasteiger partial charge in [0.1, 0.15) is 16.1 Å². The fraction of sp³-hybridized carbons (Fsp3) is 0.417. The number of thiophene rings is 1. The highest BCUT2D eigenvalue weighted by Gasteiger charge is 2.48. The number of nitrogens with one attached hydrogen (secondary N) is 1. The molecule has 1 aliphatic heterocycles. The number of halogens is 1. The van der Waals surface area contributed by atoms with Crippen LogP contribution in [-0.4, -0.2) is 32.9 Å². The zero-order valence-corrected chi connectivity index (χ0v) is 19.1. The molecular formula is C24H26ClN3O2S. The van der Waals surface area contributed by atoms with E-state index in [1.807, 2.05) is 53.3 Å². The molecular weight excluding hydrogens is 430 g/mol. The standard InChI is InChI=1S/C24H26ClN3O2S/c1-24(23(30)26-18-8-3-2-4-9-18)15-27-20(13-16-11-12-31-22(16)27)21(29)28(24)14-17-7-5-6-10-19(17)25/h5-7,10-13,18H,2-4,8-9,14-15H2,1H3,(H,26,30)/t24-/m1/s1. The monoisotopic (exact) mass is 455 g/mol. The highest BCUT2D eigenvalue weighted by atomic mass is 35.5. The van der Waals surface area contributed by atoms with Crippen LogP contribution in [0.1, 0.15) is 55.1 Å². The number of fused-ring (bicyclic) bond motifs is 3. The molecule has 3 aromatic rings. The van der Waals surface area contributed by atoms with Crippen LogP contribution >= 0.6 is 22.9 Å². The molecule has 1 aliphatic carbocycles. The van der Waals surface area contributed by atoms with Gasteiger partial charge >= 0.3 is 0 Å². The molecule has 0 spiro atoms. The van der Waals surface area contributed by atoms with Crippen LogP contribution in [0.5, 0.6) is 0 Å². The van der Waals surface area contributed by atoms with Gasteiger partial charge in [-0.3, -0.25) is 9.59 Å². The van der Waals surface area contributed by atoms with Gasteiger partial charge < -0.3 is 14.8 Å². The Hall–Kier alpha value is -2.31. The van der Waals surface area contributed by atoms with Crippen molar-refractivity contribution in [2.75, 3.05) is 0 Å². The third-order valence-corrected chi connectivity index (χ3v) is 8.06. The summed E-state index contributed by atoms with van der Waals surface area (Å²) in [6.07, 6.45) is 5.52. The second-order valence-corrected chi connectivity index (χ2v) is 10.2.